The smallest absolute Gasteiger partial charge is 0.417 e. The van der Waals surface area contributed by atoms with Crippen LogP contribution in [0.25, 0.3) is 0 Å². The van der Waals surface area contributed by atoms with E-state index in [1.165, 1.54) is 12.1 Å². The number of carbonyl (C=O) groups excluding carboxylic acids is 2. The molecule has 1 aliphatic carbocycles. The van der Waals surface area contributed by atoms with Crippen LogP contribution in [0.2, 0.25) is 0 Å². The van der Waals surface area contributed by atoms with Crippen LogP contribution in [-0.4, -0.2) is 22.5 Å². The van der Waals surface area contributed by atoms with Crippen molar-refractivity contribution in [2.45, 2.75) is 57.6 Å². The number of hydrogen-bond donors (Lipinski definition) is 0. The number of ether oxygens (including phenoxy) is 1. The maximum Gasteiger partial charge on any atom is 0.417 e. The highest BCUT2D eigenvalue weighted by molar-refractivity contribution is 6.07. The van der Waals surface area contributed by atoms with Gasteiger partial charge in [-0.3, -0.25) is 4.79 Å². The van der Waals surface area contributed by atoms with Crippen molar-refractivity contribution in [3.63, 3.8) is 0 Å². The maximum atomic E-state index is 13.3. The molecule has 0 saturated heterocycles. The first-order valence-electron chi connectivity index (χ1n) is 7.77. The van der Waals surface area contributed by atoms with Gasteiger partial charge in [-0.05, 0) is 57.2 Å². The fourth-order valence-corrected chi connectivity index (χ4v) is 3.43. The quantitative estimate of drug-likeness (QED) is 0.781. The van der Waals surface area contributed by atoms with E-state index in [1.807, 2.05) is 6.92 Å². The van der Waals surface area contributed by atoms with E-state index in [1.54, 1.807) is 13.0 Å². The molecule has 5 heteroatoms. The topological polar surface area (TPSA) is 46.6 Å². The SMILES string of the molecule is CC1c2ccc(F)cc2C(=O)N1C(=O)OC1(C)CCCCC1. The van der Waals surface area contributed by atoms with E-state index in [0.717, 1.165) is 37.0 Å². The molecule has 1 aromatic rings. The monoisotopic (exact) mass is 305 g/mol. The summed E-state index contributed by atoms with van der Waals surface area (Å²) in [6.45, 7) is 3.67. The number of rotatable bonds is 1. The van der Waals surface area contributed by atoms with Crippen molar-refractivity contribution in [3.05, 3.63) is 35.1 Å². The summed E-state index contributed by atoms with van der Waals surface area (Å²) < 4.78 is 19.0. The summed E-state index contributed by atoms with van der Waals surface area (Å²) in [6.07, 6.45) is 4.21. The second kappa shape index (κ2) is 5.38. The molecule has 2 amide bonds. The first-order chi connectivity index (χ1) is 10.4. The fraction of sp³-hybridized carbons (Fsp3) is 0.529. The van der Waals surface area contributed by atoms with Crippen molar-refractivity contribution in [3.8, 4) is 0 Å². The van der Waals surface area contributed by atoms with E-state index < -0.39 is 29.5 Å². The maximum absolute atomic E-state index is 13.3. The number of halogens is 1. The average molecular weight is 305 g/mol. The minimum absolute atomic E-state index is 0.248. The predicted octanol–water partition coefficient (Wildman–Crippen LogP) is 4.20. The Bertz CT molecular complexity index is 622. The fourth-order valence-electron chi connectivity index (χ4n) is 3.43. The highest BCUT2D eigenvalue weighted by atomic mass is 19.1. The number of imide groups is 1. The molecule has 1 atom stereocenters. The molecule has 22 heavy (non-hydrogen) atoms. The minimum atomic E-state index is -0.626. The molecule has 1 aromatic carbocycles. The van der Waals surface area contributed by atoms with E-state index in [9.17, 15) is 14.0 Å². The van der Waals surface area contributed by atoms with Gasteiger partial charge in [-0.1, -0.05) is 12.5 Å². The average Bonchev–Trinajstić information content (AvgIpc) is 2.70. The van der Waals surface area contributed by atoms with Gasteiger partial charge < -0.3 is 4.74 Å². The van der Waals surface area contributed by atoms with Crippen LogP contribution in [0.1, 0.15) is 67.9 Å². The zero-order valence-electron chi connectivity index (χ0n) is 12.9. The van der Waals surface area contributed by atoms with Crippen molar-refractivity contribution in [2.75, 3.05) is 0 Å². The molecule has 0 radical (unpaired) electrons. The number of hydrogen-bond acceptors (Lipinski definition) is 3. The third-order valence-electron chi connectivity index (χ3n) is 4.74. The summed E-state index contributed by atoms with van der Waals surface area (Å²) in [7, 11) is 0. The molecule has 0 N–H and O–H groups in total. The van der Waals surface area contributed by atoms with E-state index in [-0.39, 0.29) is 5.56 Å². The van der Waals surface area contributed by atoms with Gasteiger partial charge in [0.05, 0.1) is 6.04 Å². The number of carbonyl (C=O) groups is 2. The molecule has 0 spiro atoms. The molecule has 0 bridgehead atoms. The molecular weight excluding hydrogens is 285 g/mol. The van der Waals surface area contributed by atoms with Gasteiger partial charge in [-0.25, -0.2) is 14.1 Å². The summed E-state index contributed by atoms with van der Waals surface area (Å²) >= 11 is 0. The Morgan fingerprint density at radius 3 is 2.68 bits per heavy atom. The zero-order chi connectivity index (χ0) is 15.9. The number of amides is 2. The van der Waals surface area contributed by atoms with Gasteiger partial charge in [0.25, 0.3) is 5.91 Å². The van der Waals surface area contributed by atoms with Gasteiger partial charge in [0.2, 0.25) is 0 Å². The van der Waals surface area contributed by atoms with Crippen molar-refractivity contribution < 1.29 is 18.7 Å². The molecule has 2 aliphatic rings. The van der Waals surface area contributed by atoms with Crippen molar-refractivity contribution >= 4 is 12.0 Å². The second-order valence-corrected chi connectivity index (χ2v) is 6.46. The van der Waals surface area contributed by atoms with Gasteiger partial charge in [-0.2, -0.15) is 0 Å². The Kier molecular flexibility index (Phi) is 3.67. The van der Waals surface area contributed by atoms with Crippen LogP contribution in [0, 0.1) is 5.82 Å². The van der Waals surface area contributed by atoms with E-state index in [0.29, 0.717) is 5.56 Å². The molecule has 1 aliphatic heterocycles. The largest absolute Gasteiger partial charge is 0.443 e. The van der Waals surface area contributed by atoms with Crippen LogP contribution >= 0.6 is 0 Å². The van der Waals surface area contributed by atoms with Gasteiger partial charge >= 0.3 is 6.09 Å². The number of nitrogens with zero attached hydrogens (tertiary/aromatic N) is 1. The molecule has 3 rings (SSSR count). The van der Waals surface area contributed by atoms with Crippen LogP contribution in [0.15, 0.2) is 18.2 Å². The molecule has 1 heterocycles. The molecule has 1 saturated carbocycles. The Labute approximate surface area is 129 Å². The highest BCUT2D eigenvalue weighted by Crippen LogP contribution is 2.37. The first kappa shape index (κ1) is 15.0. The van der Waals surface area contributed by atoms with E-state index in [4.69, 9.17) is 4.74 Å². The first-order valence-corrected chi connectivity index (χ1v) is 7.77. The van der Waals surface area contributed by atoms with E-state index in [2.05, 4.69) is 0 Å². The molecule has 1 fully saturated rings. The normalized spacial score (nSPS) is 23.3. The molecule has 4 nitrogen and oxygen atoms in total. The zero-order valence-corrected chi connectivity index (χ0v) is 12.9. The predicted molar refractivity (Wildman–Crippen MR) is 79.0 cm³/mol. The summed E-state index contributed by atoms with van der Waals surface area (Å²) in [5.74, 6) is -0.958. The Morgan fingerprint density at radius 2 is 2.00 bits per heavy atom. The second-order valence-electron chi connectivity index (χ2n) is 6.46. The Hall–Kier alpha value is -1.91. The van der Waals surface area contributed by atoms with Gasteiger partial charge in [0, 0.05) is 5.56 Å². The minimum Gasteiger partial charge on any atom is -0.443 e. The van der Waals surface area contributed by atoms with Crippen LogP contribution < -0.4 is 0 Å². The summed E-state index contributed by atoms with van der Waals surface area (Å²) in [6, 6.07) is 3.62. The van der Waals surface area contributed by atoms with Gasteiger partial charge in [-0.15, -0.1) is 0 Å². The number of benzene rings is 1. The van der Waals surface area contributed by atoms with Crippen LogP contribution in [0.4, 0.5) is 9.18 Å². The third-order valence-corrected chi connectivity index (χ3v) is 4.74. The van der Waals surface area contributed by atoms with Crippen LogP contribution in [0.3, 0.4) is 0 Å². The molecule has 0 aromatic heterocycles. The summed E-state index contributed by atoms with van der Waals surface area (Å²) in [5.41, 5.74) is 0.408. The number of fused-ring (bicyclic) bond motifs is 1. The lowest BCUT2D eigenvalue weighted by molar-refractivity contribution is -0.0207. The van der Waals surface area contributed by atoms with Crippen LogP contribution in [0.5, 0.6) is 0 Å². The molecule has 1 unspecified atom stereocenters. The molecular formula is C17H20FNO3. The highest BCUT2D eigenvalue weighted by Gasteiger charge is 2.42. The lowest BCUT2D eigenvalue weighted by Crippen LogP contribution is -2.41. The van der Waals surface area contributed by atoms with E-state index >= 15 is 0 Å². The lowest BCUT2D eigenvalue weighted by atomic mass is 9.86. The summed E-state index contributed by atoms with van der Waals surface area (Å²) in [4.78, 5) is 26.0. The Balaban J connectivity index is 1.81. The van der Waals surface area contributed by atoms with Crippen molar-refractivity contribution in [1.29, 1.82) is 0 Å². The summed E-state index contributed by atoms with van der Waals surface area (Å²) in [5, 5.41) is 0. The van der Waals surface area contributed by atoms with Gasteiger partial charge in [0.1, 0.15) is 11.4 Å². The Morgan fingerprint density at radius 1 is 1.32 bits per heavy atom. The van der Waals surface area contributed by atoms with Crippen molar-refractivity contribution in [1.82, 2.24) is 4.90 Å². The van der Waals surface area contributed by atoms with Crippen molar-refractivity contribution in [2.24, 2.45) is 0 Å². The molecule has 118 valence electrons. The third kappa shape index (κ3) is 2.49. The standard InChI is InChI=1S/C17H20FNO3/c1-11-13-7-6-12(18)10-14(13)15(20)19(11)16(21)22-17(2)8-4-3-5-9-17/h6-7,10-11H,3-5,8-9H2,1-2H3. The van der Waals surface area contributed by atoms with Crippen LogP contribution in [-0.2, 0) is 4.74 Å². The van der Waals surface area contributed by atoms with Gasteiger partial charge in [0.15, 0.2) is 0 Å². The lowest BCUT2D eigenvalue weighted by Gasteiger charge is -2.35.